The first-order chi connectivity index (χ1) is 17.1. The largest absolute Gasteiger partial charge is 0.493 e. The van der Waals surface area contributed by atoms with Gasteiger partial charge in [-0.15, -0.1) is 0 Å². The molecule has 0 bridgehead atoms. The topological polar surface area (TPSA) is 77.1 Å². The number of carbonyl (C=O) groups is 2. The molecular formula is C28H26N2O5. The lowest BCUT2D eigenvalue weighted by molar-refractivity contribution is -0.122. The van der Waals surface area contributed by atoms with Crippen molar-refractivity contribution < 1.29 is 23.8 Å². The third-order valence-corrected chi connectivity index (χ3v) is 7.11. The fraction of sp³-hybridized carbons (Fsp3) is 0.286. The van der Waals surface area contributed by atoms with Crippen molar-refractivity contribution in [2.45, 2.75) is 18.4 Å². The van der Waals surface area contributed by atoms with Crippen molar-refractivity contribution in [3.05, 3.63) is 88.5 Å². The van der Waals surface area contributed by atoms with Gasteiger partial charge >= 0.3 is 0 Å². The van der Waals surface area contributed by atoms with E-state index in [2.05, 4.69) is 11.4 Å². The molecule has 178 valence electrons. The van der Waals surface area contributed by atoms with Crippen LogP contribution in [0.25, 0.3) is 0 Å². The van der Waals surface area contributed by atoms with Crippen LogP contribution in [-0.2, 0) is 27.9 Å². The molecular weight excluding hydrogens is 444 g/mol. The number of methoxy groups -OCH3 is 1. The highest BCUT2D eigenvalue weighted by atomic mass is 16.5. The molecule has 3 aromatic rings. The maximum atomic E-state index is 14.1. The van der Waals surface area contributed by atoms with Crippen LogP contribution in [0.4, 0.5) is 5.69 Å². The fourth-order valence-corrected chi connectivity index (χ4v) is 5.32. The summed E-state index contributed by atoms with van der Waals surface area (Å²) in [7, 11) is 1.60. The van der Waals surface area contributed by atoms with Gasteiger partial charge in [-0.2, -0.15) is 0 Å². The predicted molar refractivity (Wildman–Crippen MR) is 130 cm³/mol. The summed E-state index contributed by atoms with van der Waals surface area (Å²) in [5.74, 6) is 1.44. The molecule has 0 saturated heterocycles. The molecule has 3 aliphatic heterocycles. The smallest absolute Gasteiger partial charge is 0.251 e. The molecule has 3 heterocycles. The first-order valence-electron chi connectivity index (χ1n) is 11.8. The molecule has 6 rings (SSSR count). The predicted octanol–water partition coefficient (Wildman–Crippen LogP) is 3.22. The van der Waals surface area contributed by atoms with Gasteiger partial charge in [0.1, 0.15) is 23.5 Å². The lowest BCUT2D eigenvalue weighted by atomic mass is 9.76. The number of rotatable bonds is 6. The Balaban J connectivity index is 1.31. The van der Waals surface area contributed by atoms with E-state index in [4.69, 9.17) is 14.2 Å². The van der Waals surface area contributed by atoms with Crippen LogP contribution < -0.4 is 19.7 Å². The average molecular weight is 471 g/mol. The zero-order valence-corrected chi connectivity index (χ0v) is 19.5. The van der Waals surface area contributed by atoms with Crippen LogP contribution in [0.15, 0.2) is 60.7 Å². The average Bonchev–Trinajstić information content (AvgIpc) is 3.56. The SMILES string of the molecule is COCCNC(=O)c1ccc(CN2C(=O)C3(COc4cc5c(cc43)CCO5)c3ccccc32)cc1. The second-order valence-corrected chi connectivity index (χ2v) is 9.10. The van der Waals surface area contributed by atoms with E-state index in [0.29, 0.717) is 31.9 Å². The summed E-state index contributed by atoms with van der Waals surface area (Å²) in [4.78, 5) is 28.3. The minimum atomic E-state index is -0.856. The number of benzene rings is 3. The van der Waals surface area contributed by atoms with Gasteiger partial charge in [-0.3, -0.25) is 9.59 Å². The van der Waals surface area contributed by atoms with E-state index in [1.807, 2.05) is 47.4 Å². The number of fused-ring (bicyclic) bond motifs is 5. The Labute approximate surface area is 203 Å². The Morgan fingerprint density at radius 2 is 1.89 bits per heavy atom. The van der Waals surface area contributed by atoms with Gasteiger partial charge in [0, 0.05) is 43.0 Å². The zero-order chi connectivity index (χ0) is 24.0. The normalized spacial score (nSPS) is 19.2. The number of para-hydroxylation sites is 1. The number of anilines is 1. The van der Waals surface area contributed by atoms with E-state index in [1.165, 1.54) is 0 Å². The van der Waals surface area contributed by atoms with Crippen molar-refractivity contribution in [1.82, 2.24) is 5.32 Å². The van der Waals surface area contributed by atoms with Crippen LogP contribution in [0.3, 0.4) is 0 Å². The number of nitrogens with zero attached hydrogens (tertiary/aromatic N) is 1. The lowest BCUT2D eigenvalue weighted by Gasteiger charge is -2.23. The van der Waals surface area contributed by atoms with Crippen molar-refractivity contribution in [1.29, 1.82) is 0 Å². The van der Waals surface area contributed by atoms with Crippen molar-refractivity contribution in [2.24, 2.45) is 0 Å². The second kappa shape index (κ2) is 8.43. The number of nitrogens with one attached hydrogen (secondary N) is 1. The maximum Gasteiger partial charge on any atom is 0.251 e. The number of hydrogen-bond donors (Lipinski definition) is 1. The van der Waals surface area contributed by atoms with Gasteiger partial charge in [0.2, 0.25) is 5.91 Å². The lowest BCUT2D eigenvalue weighted by Crippen LogP contribution is -2.42. The van der Waals surface area contributed by atoms with Gasteiger partial charge in [-0.05, 0) is 41.0 Å². The molecule has 7 heteroatoms. The number of carbonyl (C=O) groups excluding carboxylic acids is 2. The highest BCUT2D eigenvalue weighted by molar-refractivity contribution is 6.11. The number of ether oxygens (including phenoxy) is 3. The first-order valence-corrected chi connectivity index (χ1v) is 11.8. The van der Waals surface area contributed by atoms with Crippen molar-refractivity contribution in [3.63, 3.8) is 0 Å². The van der Waals surface area contributed by atoms with Crippen molar-refractivity contribution >= 4 is 17.5 Å². The summed E-state index contributed by atoms with van der Waals surface area (Å²) >= 11 is 0. The Hall–Kier alpha value is -3.84. The van der Waals surface area contributed by atoms with Gasteiger partial charge in [0.05, 0.1) is 19.8 Å². The molecule has 0 aliphatic carbocycles. The molecule has 7 nitrogen and oxygen atoms in total. The van der Waals surface area contributed by atoms with Gasteiger partial charge in [0.25, 0.3) is 5.91 Å². The Morgan fingerprint density at radius 3 is 2.71 bits per heavy atom. The highest BCUT2D eigenvalue weighted by Gasteiger charge is 2.57. The maximum absolute atomic E-state index is 14.1. The second-order valence-electron chi connectivity index (χ2n) is 9.10. The van der Waals surface area contributed by atoms with E-state index in [9.17, 15) is 9.59 Å². The minimum Gasteiger partial charge on any atom is -0.493 e. The Kier molecular flexibility index (Phi) is 5.22. The molecule has 0 saturated carbocycles. The summed E-state index contributed by atoms with van der Waals surface area (Å²) in [6, 6.07) is 19.4. The fourth-order valence-electron chi connectivity index (χ4n) is 5.32. The van der Waals surface area contributed by atoms with Crippen LogP contribution in [0.2, 0.25) is 0 Å². The standard InChI is InChI=1S/C28H26N2O5/c1-33-13-11-29-26(31)19-8-6-18(7-9-19)16-30-23-5-3-2-4-21(23)28(27(30)32)17-35-25-15-24-20(10-12-34-24)14-22(25)28/h2-9,14-15H,10-13,16-17H2,1H3,(H,29,31). The van der Waals surface area contributed by atoms with Crippen LogP contribution in [0.5, 0.6) is 11.5 Å². The molecule has 0 aromatic heterocycles. The van der Waals surface area contributed by atoms with E-state index in [0.717, 1.165) is 45.9 Å². The van der Waals surface area contributed by atoms with E-state index < -0.39 is 5.41 Å². The summed E-state index contributed by atoms with van der Waals surface area (Å²) < 4.78 is 16.8. The molecule has 35 heavy (non-hydrogen) atoms. The number of hydrogen-bond acceptors (Lipinski definition) is 5. The molecule has 1 spiro atoms. The molecule has 3 aliphatic rings. The van der Waals surface area contributed by atoms with E-state index in [-0.39, 0.29) is 18.4 Å². The molecule has 1 atom stereocenters. The highest BCUT2D eigenvalue weighted by Crippen LogP contribution is 2.54. The minimum absolute atomic E-state index is 0.0118. The van der Waals surface area contributed by atoms with Crippen LogP contribution >= 0.6 is 0 Å². The Bertz CT molecular complexity index is 1320. The summed E-state index contributed by atoms with van der Waals surface area (Å²) in [6.45, 7) is 2.26. The van der Waals surface area contributed by atoms with Crippen LogP contribution in [0.1, 0.15) is 32.6 Å². The molecule has 1 N–H and O–H groups in total. The van der Waals surface area contributed by atoms with Crippen molar-refractivity contribution in [3.8, 4) is 11.5 Å². The monoisotopic (exact) mass is 470 g/mol. The van der Waals surface area contributed by atoms with Gasteiger partial charge < -0.3 is 24.4 Å². The van der Waals surface area contributed by atoms with Crippen LogP contribution in [0, 0.1) is 0 Å². The zero-order valence-electron chi connectivity index (χ0n) is 19.5. The third-order valence-electron chi connectivity index (χ3n) is 7.11. The quantitative estimate of drug-likeness (QED) is 0.560. The molecule has 0 radical (unpaired) electrons. The van der Waals surface area contributed by atoms with Gasteiger partial charge in [0.15, 0.2) is 0 Å². The number of amides is 2. The van der Waals surface area contributed by atoms with Gasteiger partial charge in [-0.1, -0.05) is 30.3 Å². The van der Waals surface area contributed by atoms with E-state index in [1.54, 1.807) is 19.2 Å². The first kappa shape index (κ1) is 21.7. The van der Waals surface area contributed by atoms with Crippen molar-refractivity contribution in [2.75, 3.05) is 38.4 Å². The molecule has 1 unspecified atom stereocenters. The summed E-state index contributed by atoms with van der Waals surface area (Å²) in [5, 5.41) is 2.82. The van der Waals surface area contributed by atoms with E-state index >= 15 is 0 Å². The molecule has 3 aromatic carbocycles. The summed E-state index contributed by atoms with van der Waals surface area (Å²) in [5.41, 5.74) is 4.57. The third kappa shape index (κ3) is 3.38. The molecule has 0 fully saturated rings. The summed E-state index contributed by atoms with van der Waals surface area (Å²) in [6.07, 6.45) is 0.837. The van der Waals surface area contributed by atoms with Gasteiger partial charge in [-0.25, -0.2) is 0 Å². The van der Waals surface area contributed by atoms with Crippen LogP contribution in [-0.4, -0.2) is 45.3 Å². The Morgan fingerprint density at radius 1 is 1.06 bits per heavy atom. The molecule has 2 amide bonds.